The monoisotopic (exact) mass is 567 g/mol. The Hall–Kier alpha value is -2.48. The molecule has 0 saturated carbocycles. The quantitative estimate of drug-likeness (QED) is 0.262. The average Bonchev–Trinajstić information content (AvgIpc) is 3.23. The van der Waals surface area contributed by atoms with Crippen LogP contribution in [0.5, 0.6) is 0 Å². The van der Waals surface area contributed by atoms with Gasteiger partial charge in [0.25, 0.3) is 0 Å². The van der Waals surface area contributed by atoms with Crippen molar-refractivity contribution in [3.8, 4) is 5.69 Å². The summed E-state index contributed by atoms with van der Waals surface area (Å²) < 4.78 is 8.89. The van der Waals surface area contributed by atoms with Gasteiger partial charge in [0.15, 0.2) is 0 Å². The molecule has 162 valence electrons. The van der Waals surface area contributed by atoms with Gasteiger partial charge in [-0.1, -0.05) is 0 Å². The molecule has 2 aliphatic heterocycles. The predicted octanol–water partition coefficient (Wildman–Crippen LogP) is 0.962. The molecule has 34 heavy (non-hydrogen) atoms. The van der Waals surface area contributed by atoms with Gasteiger partial charge in [-0.25, -0.2) is 0 Å². The molecule has 0 unspecified atom stereocenters. The number of rotatable bonds is 1. The minimum atomic E-state index is 0.371. The van der Waals surface area contributed by atoms with Crippen molar-refractivity contribution in [1.29, 1.82) is 0 Å². The Bertz CT molecular complexity index is 1620. The first-order valence-electron chi connectivity index (χ1n) is 12.2. The molecule has 3 aliphatic rings. The molecule has 4 heteroatoms. The van der Waals surface area contributed by atoms with Crippen LogP contribution in [0.3, 0.4) is 0 Å². The van der Waals surface area contributed by atoms with Crippen LogP contribution in [-0.4, -0.2) is 41.2 Å². The van der Waals surface area contributed by atoms with Crippen molar-refractivity contribution in [3.05, 3.63) is 96.2 Å². The van der Waals surface area contributed by atoms with E-state index in [1.165, 1.54) is 47.7 Å². The topological polar surface area (TPSA) is 4.93 Å². The van der Waals surface area contributed by atoms with E-state index in [0.717, 1.165) is 0 Å². The molecule has 0 fully saturated rings. The fourth-order valence-electron chi connectivity index (χ4n) is 6.30. The maximum atomic E-state index is 2.59. The number of aromatic nitrogens is 1. The molecule has 0 amide bonds. The number of aryl methyl sites for hydroxylation is 1. The number of hydrogen-bond donors (Lipinski definition) is 0. The summed E-state index contributed by atoms with van der Waals surface area (Å²) in [6.07, 6.45) is 5.01. The molecule has 0 atom stereocenters. The maximum absolute atomic E-state index is 2.59. The molecular formula is C30H22BNSe2. The van der Waals surface area contributed by atoms with Crippen molar-refractivity contribution in [2.75, 3.05) is 0 Å². The molecule has 0 bridgehead atoms. The van der Waals surface area contributed by atoms with E-state index in [0.29, 0.717) is 36.6 Å². The molecule has 0 saturated heterocycles. The Labute approximate surface area is 213 Å². The molecule has 0 spiro atoms. The fourth-order valence-corrected chi connectivity index (χ4v) is 11.5. The molecule has 1 aromatic heterocycles. The molecule has 0 radical (unpaired) electrons. The van der Waals surface area contributed by atoms with Crippen LogP contribution in [0.1, 0.15) is 24.1 Å². The van der Waals surface area contributed by atoms with Crippen molar-refractivity contribution < 1.29 is 0 Å². The standard InChI is InChI=1S/C30H22BNSe2/c1-4-11-24-20(8-1)21-9-2-5-12-25(21)32(24)19-16-17-27-23(18-19)31-22-10-3-6-13-26(22)33-28-14-7-15-29(34-27)30(28)31/h1,3-4,6-8,10-11,13-18H,2,5,9,12H2. The Morgan fingerprint density at radius 1 is 0.647 bits per heavy atom. The molecule has 4 aromatic carbocycles. The summed E-state index contributed by atoms with van der Waals surface area (Å²) in [5.41, 5.74) is 10.6. The number of hydrogen-bond acceptors (Lipinski definition) is 0. The second-order valence-corrected chi connectivity index (χ2v) is 14.1. The van der Waals surface area contributed by atoms with Crippen molar-refractivity contribution in [2.45, 2.75) is 25.7 Å². The van der Waals surface area contributed by atoms with Gasteiger partial charge in [0, 0.05) is 0 Å². The summed E-state index contributed by atoms with van der Waals surface area (Å²) in [4.78, 5) is 0. The Morgan fingerprint density at radius 2 is 1.38 bits per heavy atom. The van der Waals surface area contributed by atoms with Crippen LogP contribution in [0.15, 0.2) is 84.9 Å². The van der Waals surface area contributed by atoms with E-state index in [4.69, 9.17) is 0 Å². The van der Waals surface area contributed by atoms with Crippen LogP contribution in [0, 0.1) is 0 Å². The van der Waals surface area contributed by atoms with E-state index < -0.39 is 0 Å². The van der Waals surface area contributed by atoms with E-state index in [9.17, 15) is 0 Å². The third kappa shape index (κ3) is 2.75. The van der Waals surface area contributed by atoms with Crippen LogP contribution in [0.2, 0.25) is 0 Å². The van der Waals surface area contributed by atoms with Crippen LogP contribution < -0.4 is 34.2 Å². The first-order valence-corrected chi connectivity index (χ1v) is 15.6. The summed E-state index contributed by atoms with van der Waals surface area (Å²) in [5, 5.41) is 1.46. The summed E-state index contributed by atoms with van der Waals surface area (Å²) in [5.74, 6) is 0. The molecule has 8 rings (SSSR count). The van der Waals surface area contributed by atoms with Crippen LogP contribution in [0.4, 0.5) is 0 Å². The number of nitrogens with zero attached hydrogens (tertiary/aromatic N) is 1. The van der Waals surface area contributed by atoms with Gasteiger partial charge in [0.1, 0.15) is 0 Å². The van der Waals surface area contributed by atoms with E-state index in [2.05, 4.69) is 89.5 Å². The summed E-state index contributed by atoms with van der Waals surface area (Å²) >= 11 is 0.773. The zero-order valence-corrected chi connectivity index (χ0v) is 22.2. The second kappa shape index (κ2) is 7.51. The van der Waals surface area contributed by atoms with Crippen LogP contribution >= 0.6 is 0 Å². The van der Waals surface area contributed by atoms with Crippen molar-refractivity contribution in [3.63, 3.8) is 0 Å². The van der Waals surface area contributed by atoms with Gasteiger partial charge in [-0.3, -0.25) is 0 Å². The van der Waals surface area contributed by atoms with Gasteiger partial charge in [-0.2, -0.15) is 0 Å². The minimum absolute atomic E-state index is 0.371. The van der Waals surface area contributed by atoms with Crippen molar-refractivity contribution in [1.82, 2.24) is 4.57 Å². The molecule has 1 aliphatic carbocycles. The predicted molar refractivity (Wildman–Crippen MR) is 148 cm³/mol. The van der Waals surface area contributed by atoms with Gasteiger partial charge >= 0.3 is 214 Å². The van der Waals surface area contributed by atoms with Gasteiger partial charge < -0.3 is 0 Å². The second-order valence-electron chi connectivity index (χ2n) is 9.55. The third-order valence-corrected chi connectivity index (χ3v) is 12.6. The third-order valence-electron chi connectivity index (χ3n) is 7.73. The molecular weight excluding hydrogens is 543 g/mol. The van der Waals surface area contributed by atoms with Crippen LogP contribution in [0.25, 0.3) is 16.6 Å². The number of benzene rings is 4. The Morgan fingerprint density at radius 3 is 2.29 bits per heavy atom. The molecule has 3 heterocycles. The molecule has 5 aromatic rings. The van der Waals surface area contributed by atoms with Crippen molar-refractivity contribution in [2.24, 2.45) is 0 Å². The van der Waals surface area contributed by atoms with E-state index in [1.54, 1.807) is 40.0 Å². The van der Waals surface area contributed by atoms with Gasteiger partial charge in [-0.05, 0) is 0 Å². The summed E-state index contributed by atoms with van der Waals surface area (Å²) in [6.45, 7) is 0.376. The molecule has 0 N–H and O–H groups in total. The van der Waals surface area contributed by atoms with Crippen molar-refractivity contribution >= 4 is 81.8 Å². The summed E-state index contributed by atoms with van der Waals surface area (Å²) in [7, 11) is 0. The first kappa shape index (κ1) is 19.8. The van der Waals surface area contributed by atoms with E-state index in [-0.39, 0.29) is 0 Å². The van der Waals surface area contributed by atoms with E-state index in [1.807, 2.05) is 0 Å². The zero-order chi connectivity index (χ0) is 22.2. The number of para-hydroxylation sites is 1. The normalized spacial score (nSPS) is 15.5. The van der Waals surface area contributed by atoms with Gasteiger partial charge in [0.2, 0.25) is 0 Å². The fraction of sp³-hybridized carbons (Fsp3) is 0.133. The number of fused-ring (bicyclic) bond motifs is 7. The SMILES string of the molecule is c1ccc2c(c1)[Se]c1cccc3c1B2c1cc(-n2c4c(c5ccccc52)CCCC4)ccc1[Se]3. The van der Waals surface area contributed by atoms with Gasteiger partial charge in [0.05, 0.1) is 0 Å². The average molecular weight is 565 g/mol. The van der Waals surface area contributed by atoms with Crippen LogP contribution in [-0.2, 0) is 12.8 Å². The van der Waals surface area contributed by atoms with Gasteiger partial charge in [-0.15, -0.1) is 0 Å². The Balaban J connectivity index is 1.39. The zero-order valence-electron chi connectivity index (χ0n) is 18.8. The first-order chi connectivity index (χ1) is 16.9. The molecule has 1 nitrogen and oxygen atoms in total. The Kier molecular flexibility index (Phi) is 4.37. The summed E-state index contributed by atoms with van der Waals surface area (Å²) in [6, 6.07) is 32.8. The van der Waals surface area contributed by atoms with E-state index >= 15 is 0 Å².